The monoisotopic (exact) mass is 950 g/mol. The minimum Gasteiger partial charge on any atom is -0.418 e. The lowest BCUT2D eigenvalue weighted by Crippen LogP contribution is -2.75. The summed E-state index contributed by atoms with van der Waals surface area (Å²) in [6.45, 7) is 0. The molecule has 4 aromatic rings. The van der Waals surface area contributed by atoms with E-state index < -0.39 is 202 Å². The second-order valence-corrected chi connectivity index (χ2v) is 12.7. The smallest absolute Gasteiger partial charge is 0.418 e. The van der Waals surface area contributed by atoms with E-state index in [9.17, 15) is 123 Å². The number of rotatable bonds is 4. The molecule has 0 atom stereocenters. The summed E-state index contributed by atoms with van der Waals surface area (Å²) < 4.78 is 380. The van der Waals surface area contributed by atoms with Crippen LogP contribution in [0.3, 0.4) is 0 Å². The highest BCUT2D eigenvalue weighted by Gasteiger charge is 2.47. The van der Waals surface area contributed by atoms with Gasteiger partial charge in [0.25, 0.3) is 0 Å². The van der Waals surface area contributed by atoms with Crippen LogP contribution >= 0.6 is 0 Å². The molecule has 0 aliphatic carbocycles. The van der Waals surface area contributed by atoms with Gasteiger partial charge in [0.1, 0.15) is 6.15 Å². The summed E-state index contributed by atoms with van der Waals surface area (Å²) in [4.78, 5) is 0. The third-order valence-electron chi connectivity index (χ3n) is 8.44. The van der Waals surface area contributed by atoms with Crippen LogP contribution in [0.15, 0.2) is 72.8 Å². The maximum atomic E-state index is 14.2. The van der Waals surface area contributed by atoms with Gasteiger partial charge < -0.3 is 17.3 Å². The van der Waals surface area contributed by atoms with Crippen LogP contribution in [0.1, 0.15) is 44.5 Å². The SMILES string of the molecule is FC(F)(F)c1cc([B-](c2cc(C(F)(F)F)cc(C(F)(F)F)c2)(c2cc(C(F)(F)F)cc(C(F)(F)F)c2)c2cc(C(F)(F)F)cc(C(F)(F)F)c2)cc(C(F)(F)F)c1.F[B-](F)(F)F. The molecule has 344 valence electrons. The van der Waals surface area contributed by atoms with E-state index in [1.54, 1.807) is 0 Å². The molecule has 0 saturated heterocycles. The topological polar surface area (TPSA) is 0 Å². The van der Waals surface area contributed by atoms with Crippen molar-refractivity contribution < 1.29 is 123 Å². The first-order valence-corrected chi connectivity index (χ1v) is 15.5. The highest BCUT2D eigenvalue weighted by atomic mass is 19.5. The van der Waals surface area contributed by atoms with Gasteiger partial charge in [-0.1, -0.05) is 48.5 Å². The summed E-state index contributed by atoms with van der Waals surface area (Å²) in [5, 5.41) is 0. The van der Waals surface area contributed by atoms with E-state index in [1.807, 2.05) is 0 Å². The Labute approximate surface area is 325 Å². The molecule has 30 heteroatoms. The van der Waals surface area contributed by atoms with Gasteiger partial charge in [-0.25, -0.2) is 0 Å². The molecule has 62 heavy (non-hydrogen) atoms. The first-order valence-electron chi connectivity index (χ1n) is 15.5. The van der Waals surface area contributed by atoms with Gasteiger partial charge in [0, 0.05) is 0 Å². The normalized spacial score (nSPS) is 14.1. The molecule has 4 aromatic carbocycles. The van der Waals surface area contributed by atoms with E-state index in [2.05, 4.69) is 0 Å². The highest BCUT2D eigenvalue weighted by molar-refractivity contribution is 7.20. The predicted octanol–water partition coefficient (Wildman–Crippen LogP) is 12.5. The van der Waals surface area contributed by atoms with Crippen molar-refractivity contribution in [3.63, 3.8) is 0 Å². The number of hydrogen-bond acceptors (Lipinski definition) is 0. The van der Waals surface area contributed by atoms with Crippen molar-refractivity contribution in [2.24, 2.45) is 0 Å². The maximum absolute atomic E-state index is 14.2. The van der Waals surface area contributed by atoms with Crippen LogP contribution in [0.25, 0.3) is 0 Å². The Morgan fingerprint density at radius 1 is 0.210 bits per heavy atom. The summed E-state index contributed by atoms with van der Waals surface area (Å²) in [6.07, 6.45) is -54.8. The van der Waals surface area contributed by atoms with E-state index in [4.69, 9.17) is 0 Å². The fraction of sp³-hybridized carbons (Fsp3) is 0.250. The molecule has 0 saturated carbocycles. The molecule has 0 N–H and O–H groups in total. The van der Waals surface area contributed by atoms with Crippen molar-refractivity contribution in [1.29, 1.82) is 0 Å². The van der Waals surface area contributed by atoms with Crippen molar-refractivity contribution in [1.82, 2.24) is 0 Å². The van der Waals surface area contributed by atoms with Gasteiger partial charge in [-0.3, -0.25) is 0 Å². The first kappa shape index (κ1) is 51.4. The third-order valence-corrected chi connectivity index (χ3v) is 8.44. The lowest BCUT2D eigenvalue weighted by molar-refractivity contribution is -0.144. The van der Waals surface area contributed by atoms with Gasteiger partial charge in [-0.15, -0.1) is 0 Å². The standard InChI is InChI=1S/C32H12BF24.BF4/c34-25(35,36)13-1-14(26(37,38)39)6-21(5-13)33(22-7-15(27(40,41)42)2-16(8-22)28(43,44)45,23-9-17(29(46,47)48)3-18(10-23)30(49,50)51)24-11-19(31(52,53)54)4-20(12-24)32(55,56)57;2-1(3,4)5/h1-12H;/q2*-1. The molecule has 0 spiro atoms. The van der Waals surface area contributed by atoms with E-state index >= 15 is 0 Å². The fourth-order valence-electron chi connectivity index (χ4n) is 6.07. The quantitative estimate of drug-likeness (QED) is 0.141. The van der Waals surface area contributed by atoms with E-state index in [0.29, 0.717) is 0 Å². The fourth-order valence-corrected chi connectivity index (χ4v) is 6.07. The summed E-state index contributed by atoms with van der Waals surface area (Å²) >= 11 is 0. The van der Waals surface area contributed by atoms with Crippen molar-refractivity contribution in [3.8, 4) is 0 Å². The zero-order valence-corrected chi connectivity index (χ0v) is 28.7. The molecule has 0 nitrogen and oxygen atoms in total. The Morgan fingerprint density at radius 3 is 0.387 bits per heavy atom. The second-order valence-electron chi connectivity index (χ2n) is 12.7. The summed E-state index contributed by atoms with van der Waals surface area (Å²) in [7, 11) is -6.00. The zero-order valence-electron chi connectivity index (χ0n) is 28.7. The molecule has 0 aromatic heterocycles. The molecule has 0 heterocycles. The molecule has 0 fully saturated rings. The zero-order chi connectivity index (χ0) is 48.4. The van der Waals surface area contributed by atoms with Gasteiger partial charge in [0.05, 0.1) is 44.5 Å². The Morgan fingerprint density at radius 2 is 0.306 bits per heavy atom. The Kier molecular flexibility index (Phi) is 13.3. The average Bonchev–Trinajstić information content (AvgIpc) is 3.04. The van der Waals surface area contributed by atoms with Crippen molar-refractivity contribution >= 4 is 35.3 Å². The van der Waals surface area contributed by atoms with Crippen LogP contribution in [0.5, 0.6) is 0 Å². The molecule has 0 bridgehead atoms. The third kappa shape index (κ3) is 12.1. The minimum absolute atomic E-state index is 0.691. The molecule has 4 rings (SSSR count). The molecule has 0 amide bonds. The van der Waals surface area contributed by atoms with Gasteiger partial charge in [0.15, 0.2) is 0 Å². The number of benzene rings is 4. The van der Waals surface area contributed by atoms with Gasteiger partial charge in [0.2, 0.25) is 0 Å². The largest absolute Gasteiger partial charge is 0.673 e. The highest BCUT2D eigenvalue weighted by Crippen LogP contribution is 2.41. The van der Waals surface area contributed by atoms with Crippen LogP contribution in [0.4, 0.5) is 123 Å². The molecular formula is C32H12B2F28-2. The summed E-state index contributed by atoms with van der Waals surface area (Å²) in [5.74, 6) is 0. The van der Waals surface area contributed by atoms with Gasteiger partial charge in [-0.2, -0.15) is 127 Å². The molecule has 0 aliphatic rings. The molecule has 0 unspecified atom stereocenters. The van der Waals surface area contributed by atoms with Crippen LogP contribution < -0.4 is 21.9 Å². The van der Waals surface area contributed by atoms with Crippen LogP contribution in [-0.2, 0) is 49.4 Å². The van der Waals surface area contributed by atoms with E-state index in [0.717, 1.165) is 0 Å². The van der Waals surface area contributed by atoms with Crippen LogP contribution in [0, 0.1) is 0 Å². The van der Waals surface area contributed by atoms with Crippen molar-refractivity contribution in [3.05, 3.63) is 117 Å². The Bertz CT molecular complexity index is 1800. The minimum atomic E-state index is -6.13. The second kappa shape index (κ2) is 16.0. The van der Waals surface area contributed by atoms with Gasteiger partial charge >= 0.3 is 56.7 Å². The van der Waals surface area contributed by atoms with E-state index in [1.165, 1.54) is 0 Å². The maximum Gasteiger partial charge on any atom is 0.673 e. The van der Waals surface area contributed by atoms with Crippen LogP contribution in [0.2, 0.25) is 0 Å². The lowest BCUT2D eigenvalue weighted by atomic mass is 9.12. The number of hydrogen-bond donors (Lipinski definition) is 0. The predicted molar refractivity (Wildman–Crippen MR) is 160 cm³/mol. The molecular weight excluding hydrogens is 938 g/mol. The van der Waals surface area contributed by atoms with Gasteiger partial charge in [-0.05, 0) is 24.3 Å². The summed E-state index contributed by atoms with van der Waals surface area (Å²) in [6, 6.07) is -8.81. The molecule has 0 radical (unpaired) electrons. The van der Waals surface area contributed by atoms with Crippen LogP contribution in [-0.4, -0.2) is 13.4 Å². The number of alkyl halides is 24. The lowest BCUT2D eigenvalue weighted by Gasteiger charge is -2.46. The first-order chi connectivity index (χ1) is 27.3. The molecule has 0 aliphatic heterocycles. The average molecular weight is 950 g/mol. The Balaban J connectivity index is 0.00000193. The van der Waals surface area contributed by atoms with Crippen molar-refractivity contribution in [2.45, 2.75) is 49.4 Å². The number of halogens is 28. The Hall–Kier alpha value is -4.95. The van der Waals surface area contributed by atoms with Crippen molar-refractivity contribution in [2.75, 3.05) is 0 Å². The van der Waals surface area contributed by atoms with E-state index in [-0.39, 0.29) is 0 Å². The summed E-state index contributed by atoms with van der Waals surface area (Å²) in [5.41, 5.74) is -30.2.